The standard InChI is InChI=1S/C21H29IN6O3/c1-15(29)11-27-20(30)18-19(24(2)21(27)31)28(26-10-6-5-9-23-13-26)14-25(18)12-16-7-3-4-8-17(16)22/h3-4,7-8,15,23,29H,5-6,9-14H2,1-2H3. The summed E-state index contributed by atoms with van der Waals surface area (Å²) in [6.07, 6.45) is 1.35. The number of nitrogens with one attached hydrogen (secondary N) is 1. The largest absolute Gasteiger partial charge is 0.392 e. The third-order valence-corrected chi connectivity index (χ3v) is 6.83. The fourth-order valence-electron chi connectivity index (χ4n) is 4.26. The van der Waals surface area contributed by atoms with E-state index in [1.54, 1.807) is 18.5 Å². The van der Waals surface area contributed by atoms with E-state index in [1.165, 1.54) is 0 Å². The predicted octanol–water partition coefficient (Wildman–Crippen LogP) is 0.874. The van der Waals surface area contributed by atoms with Crippen LogP contribution in [0.3, 0.4) is 0 Å². The maximum atomic E-state index is 13.5. The second kappa shape index (κ2) is 9.31. The van der Waals surface area contributed by atoms with Crippen LogP contribution in [0.25, 0.3) is 0 Å². The van der Waals surface area contributed by atoms with Gasteiger partial charge in [0.2, 0.25) is 0 Å². The van der Waals surface area contributed by atoms with Gasteiger partial charge in [0.1, 0.15) is 12.4 Å². The van der Waals surface area contributed by atoms with E-state index in [1.807, 2.05) is 17.0 Å². The Labute approximate surface area is 195 Å². The first-order chi connectivity index (χ1) is 14.9. The van der Waals surface area contributed by atoms with Gasteiger partial charge in [-0.1, -0.05) is 18.2 Å². The minimum atomic E-state index is -0.792. The van der Waals surface area contributed by atoms with E-state index >= 15 is 0 Å². The molecule has 4 rings (SSSR count). The molecule has 0 bridgehead atoms. The Bertz CT molecular complexity index is 1060. The number of hydrogen-bond donors (Lipinski definition) is 2. The lowest BCUT2D eigenvalue weighted by Crippen LogP contribution is -2.49. The Hall–Kier alpha value is -1.89. The molecule has 0 radical (unpaired) electrons. The lowest BCUT2D eigenvalue weighted by Gasteiger charge is -2.33. The topological polar surface area (TPSA) is 86.0 Å². The van der Waals surface area contributed by atoms with Crippen molar-refractivity contribution in [2.45, 2.75) is 39.0 Å². The number of aliphatic hydroxyl groups excluding tert-OH is 1. The molecule has 2 aromatic rings. The van der Waals surface area contributed by atoms with Crippen LogP contribution in [0.15, 0.2) is 33.9 Å². The number of aromatic nitrogens is 2. The van der Waals surface area contributed by atoms with Gasteiger partial charge in [-0.15, -0.1) is 0 Å². The number of benzene rings is 1. The van der Waals surface area contributed by atoms with Crippen LogP contribution in [0.4, 0.5) is 11.5 Å². The maximum absolute atomic E-state index is 13.5. The highest BCUT2D eigenvalue weighted by atomic mass is 127. The van der Waals surface area contributed by atoms with Crippen LogP contribution >= 0.6 is 22.6 Å². The number of hydrogen-bond acceptors (Lipinski definition) is 7. The second-order valence-corrected chi connectivity index (χ2v) is 9.37. The Kier molecular flexibility index (Phi) is 6.70. The molecule has 1 aromatic carbocycles. The summed E-state index contributed by atoms with van der Waals surface area (Å²) >= 11 is 2.31. The lowest BCUT2D eigenvalue weighted by molar-refractivity contribution is 0.169. The minimum absolute atomic E-state index is 0.0270. The van der Waals surface area contributed by atoms with Crippen molar-refractivity contribution >= 4 is 34.1 Å². The summed E-state index contributed by atoms with van der Waals surface area (Å²) in [5, 5.41) is 17.5. The van der Waals surface area contributed by atoms with Gasteiger partial charge in [-0.25, -0.2) is 9.80 Å². The molecule has 0 amide bonds. The van der Waals surface area contributed by atoms with E-state index in [4.69, 9.17) is 0 Å². The van der Waals surface area contributed by atoms with Gasteiger partial charge in [-0.05, 0) is 60.5 Å². The predicted molar refractivity (Wildman–Crippen MR) is 129 cm³/mol. The van der Waals surface area contributed by atoms with Gasteiger partial charge in [0.25, 0.3) is 5.56 Å². The van der Waals surface area contributed by atoms with Crippen molar-refractivity contribution in [1.29, 1.82) is 0 Å². The van der Waals surface area contributed by atoms with Crippen molar-refractivity contribution in [2.75, 3.05) is 36.3 Å². The van der Waals surface area contributed by atoms with Crippen LogP contribution in [-0.4, -0.2) is 51.8 Å². The SMILES string of the molecule is CC(O)Cn1c(=O)c2c(n(C)c1=O)N(N1CCCCNC1)CN2Cc1ccccc1I. The van der Waals surface area contributed by atoms with Gasteiger partial charge in [-0.2, -0.15) is 0 Å². The van der Waals surface area contributed by atoms with Crippen molar-refractivity contribution in [2.24, 2.45) is 7.05 Å². The number of fused-ring (bicyclic) bond motifs is 1. The number of anilines is 2. The van der Waals surface area contributed by atoms with Gasteiger partial charge in [0.05, 0.1) is 19.3 Å². The molecule has 10 heteroatoms. The van der Waals surface area contributed by atoms with Crippen molar-refractivity contribution in [3.63, 3.8) is 0 Å². The second-order valence-electron chi connectivity index (χ2n) is 8.20. The highest BCUT2D eigenvalue weighted by molar-refractivity contribution is 14.1. The van der Waals surface area contributed by atoms with E-state index < -0.39 is 11.8 Å². The molecule has 1 fully saturated rings. The average molecular weight is 540 g/mol. The van der Waals surface area contributed by atoms with Crippen LogP contribution in [-0.2, 0) is 20.1 Å². The summed E-state index contributed by atoms with van der Waals surface area (Å²) in [7, 11) is 1.70. The lowest BCUT2D eigenvalue weighted by atomic mass is 10.2. The number of nitrogens with zero attached hydrogens (tertiary/aromatic N) is 5. The zero-order chi connectivity index (χ0) is 22.1. The van der Waals surface area contributed by atoms with Gasteiger partial charge >= 0.3 is 5.69 Å². The van der Waals surface area contributed by atoms with Crippen LogP contribution in [0, 0.1) is 3.57 Å². The van der Waals surface area contributed by atoms with E-state index in [0.29, 0.717) is 31.4 Å². The van der Waals surface area contributed by atoms with E-state index in [2.05, 4.69) is 50.1 Å². The molecule has 0 aliphatic carbocycles. The third-order valence-electron chi connectivity index (χ3n) is 5.78. The van der Waals surface area contributed by atoms with Crippen molar-refractivity contribution in [3.8, 4) is 0 Å². The Morgan fingerprint density at radius 2 is 2.00 bits per heavy atom. The molecule has 1 atom stereocenters. The molecule has 1 saturated heterocycles. The van der Waals surface area contributed by atoms with E-state index in [-0.39, 0.29) is 12.1 Å². The molecule has 2 aliphatic heterocycles. The molecule has 2 aliphatic rings. The number of aliphatic hydroxyl groups is 1. The van der Waals surface area contributed by atoms with Gasteiger partial charge in [0.15, 0.2) is 5.82 Å². The monoisotopic (exact) mass is 540 g/mol. The van der Waals surface area contributed by atoms with Crippen LogP contribution in [0.1, 0.15) is 25.3 Å². The molecule has 1 aromatic heterocycles. The molecule has 0 saturated carbocycles. The molecular weight excluding hydrogens is 511 g/mol. The number of rotatable bonds is 5. The molecular formula is C21H29IN6O3. The van der Waals surface area contributed by atoms with Gasteiger partial charge in [0, 0.05) is 23.7 Å². The van der Waals surface area contributed by atoms with Crippen LogP contribution in [0.2, 0.25) is 0 Å². The van der Waals surface area contributed by atoms with Gasteiger partial charge < -0.3 is 15.3 Å². The zero-order valence-electron chi connectivity index (χ0n) is 17.9. The van der Waals surface area contributed by atoms with Gasteiger partial charge in [-0.3, -0.25) is 18.9 Å². The maximum Gasteiger partial charge on any atom is 0.332 e. The summed E-state index contributed by atoms with van der Waals surface area (Å²) in [5.41, 5.74) is 0.871. The Balaban J connectivity index is 1.83. The zero-order valence-corrected chi connectivity index (χ0v) is 20.1. The number of hydrazine groups is 1. The number of halogens is 1. The Morgan fingerprint density at radius 3 is 2.74 bits per heavy atom. The fraction of sp³-hybridized carbons (Fsp3) is 0.524. The summed E-state index contributed by atoms with van der Waals surface area (Å²) in [6.45, 7) is 5.08. The quantitative estimate of drug-likeness (QED) is 0.545. The molecule has 31 heavy (non-hydrogen) atoms. The van der Waals surface area contributed by atoms with Crippen LogP contribution in [0.5, 0.6) is 0 Å². The van der Waals surface area contributed by atoms with E-state index in [0.717, 1.165) is 39.6 Å². The third kappa shape index (κ3) is 4.38. The highest BCUT2D eigenvalue weighted by Crippen LogP contribution is 2.34. The molecule has 168 valence electrons. The minimum Gasteiger partial charge on any atom is -0.392 e. The smallest absolute Gasteiger partial charge is 0.332 e. The molecule has 2 N–H and O–H groups in total. The fourth-order valence-corrected chi connectivity index (χ4v) is 4.82. The van der Waals surface area contributed by atoms with E-state index in [9.17, 15) is 14.7 Å². The summed E-state index contributed by atoms with van der Waals surface area (Å²) in [4.78, 5) is 28.6. The Morgan fingerprint density at radius 1 is 1.23 bits per heavy atom. The first-order valence-electron chi connectivity index (χ1n) is 10.6. The first kappa shape index (κ1) is 22.3. The normalized spacial score (nSPS) is 18.2. The molecule has 1 unspecified atom stereocenters. The average Bonchev–Trinajstić information content (AvgIpc) is 2.91. The van der Waals surface area contributed by atoms with Crippen LogP contribution < -0.4 is 26.5 Å². The van der Waals surface area contributed by atoms with Crippen molar-refractivity contribution in [1.82, 2.24) is 19.5 Å². The summed E-state index contributed by atoms with van der Waals surface area (Å²) in [6, 6.07) is 8.11. The first-order valence-corrected chi connectivity index (χ1v) is 11.7. The molecule has 9 nitrogen and oxygen atoms in total. The molecule has 3 heterocycles. The summed E-state index contributed by atoms with van der Waals surface area (Å²) in [5.74, 6) is 0.617. The highest BCUT2D eigenvalue weighted by Gasteiger charge is 2.36. The van der Waals surface area contributed by atoms with Crippen molar-refractivity contribution < 1.29 is 5.11 Å². The summed E-state index contributed by atoms with van der Waals surface area (Å²) < 4.78 is 3.82. The van der Waals surface area contributed by atoms with Crippen molar-refractivity contribution in [3.05, 3.63) is 54.2 Å². The molecule has 0 spiro atoms.